The van der Waals surface area contributed by atoms with E-state index in [1.807, 2.05) is 23.9 Å². The number of methoxy groups -OCH3 is 1. The van der Waals surface area contributed by atoms with E-state index in [9.17, 15) is 0 Å². The Hall–Kier alpha value is -0.830. The first kappa shape index (κ1) is 15.2. The highest BCUT2D eigenvalue weighted by Gasteiger charge is 2.01. The summed E-state index contributed by atoms with van der Waals surface area (Å²) in [7, 11) is 1.66. The highest BCUT2D eigenvalue weighted by Crippen LogP contribution is 2.28. The molecule has 0 unspecified atom stereocenters. The van der Waals surface area contributed by atoms with E-state index in [-0.39, 0.29) is 0 Å². The Bertz CT molecular complexity index is 341. The maximum atomic E-state index is 5.79. The van der Waals surface area contributed by atoms with Gasteiger partial charge in [0.25, 0.3) is 0 Å². The monoisotopic (exact) mass is 267 g/mol. The van der Waals surface area contributed by atoms with Gasteiger partial charge in [0.2, 0.25) is 0 Å². The van der Waals surface area contributed by atoms with Crippen LogP contribution < -0.4 is 10.5 Å². The second-order valence-corrected chi connectivity index (χ2v) is 5.69. The van der Waals surface area contributed by atoms with Crippen LogP contribution in [0.15, 0.2) is 23.1 Å². The zero-order chi connectivity index (χ0) is 13.2. The third-order valence-electron chi connectivity index (χ3n) is 2.97. The molecule has 1 aromatic rings. The molecule has 0 amide bonds. The van der Waals surface area contributed by atoms with Crippen LogP contribution in [0.3, 0.4) is 0 Å². The molecule has 2 N–H and O–H groups in total. The Morgan fingerprint density at radius 2 is 1.83 bits per heavy atom. The van der Waals surface area contributed by atoms with Crippen LogP contribution in [0.2, 0.25) is 0 Å². The number of ether oxygens (including phenoxy) is 1. The fourth-order valence-electron chi connectivity index (χ4n) is 1.85. The van der Waals surface area contributed by atoms with E-state index < -0.39 is 0 Å². The number of thioether (sulfide) groups is 1. The van der Waals surface area contributed by atoms with Crippen molar-refractivity contribution in [2.45, 2.75) is 50.3 Å². The highest BCUT2D eigenvalue weighted by molar-refractivity contribution is 7.99. The summed E-state index contributed by atoms with van der Waals surface area (Å²) in [5.41, 5.74) is 6.50. The van der Waals surface area contributed by atoms with E-state index in [1.54, 1.807) is 7.11 Å². The molecule has 1 aromatic carbocycles. The van der Waals surface area contributed by atoms with E-state index in [0.29, 0.717) is 5.69 Å². The molecule has 0 fully saturated rings. The lowest BCUT2D eigenvalue weighted by Crippen LogP contribution is -1.92. The highest BCUT2D eigenvalue weighted by atomic mass is 32.2. The topological polar surface area (TPSA) is 35.2 Å². The van der Waals surface area contributed by atoms with E-state index in [2.05, 4.69) is 13.0 Å². The average molecular weight is 267 g/mol. The Kier molecular flexibility index (Phi) is 7.74. The van der Waals surface area contributed by atoms with Crippen molar-refractivity contribution >= 4 is 17.4 Å². The number of hydrogen-bond donors (Lipinski definition) is 1. The zero-order valence-electron chi connectivity index (χ0n) is 11.6. The minimum atomic E-state index is 0.710. The summed E-state index contributed by atoms with van der Waals surface area (Å²) >= 11 is 1.89. The molecule has 0 bridgehead atoms. The molecule has 0 heterocycles. The molecule has 0 aliphatic rings. The first-order chi connectivity index (χ1) is 8.77. The molecular weight excluding hydrogens is 242 g/mol. The molecule has 2 nitrogen and oxygen atoms in total. The maximum absolute atomic E-state index is 5.79. The van der Waals surface area contributed by atoms with Gasteiger partial charge in [0, 0.05) is 4.90 Å². The van der Waals surface area contributed by atoms with E-state index >= 15 is 0 Å². The van der Waals surface area contributed by atoms with Gasteiger partial charge in [0.15, 0.2) is 0 Å². The van der Waals surface area contributed by atoms with Gasteiger partial charge in [-0.05, 0) is 30.4 Å². The number of nitrogen functional groups attached to an aromatic ring is 1. The lowest BCUT2D eigenvalue weighted by molar-refractivity contribution is 0.416. The molecule has 0 saturated carbocycles. The number of nitrogens with two attached hydrogens (primary N) is 1. The molecule has 0 aromatic heterocycles. The normalized spacial score (nSPS) is 10.6. The smallest absolute Gasteiger partial charge is 0.142 e. The lowest BCUT2D eigenvalue weighted by atomic mass is 10.1. The fraction of sp³-hybridized carbons (Fsp3) is 0.600. The summed E-state index contributed by atoms with van der Waals surface area (Å²) in [4.78, 5) is 1.25. The molecular formula is C15H25NOS. The summed E-state index contributed by atoms with van der Waals surface area (Å²) in [6, 6.07) is 6.01. The van der Waals surface area contributed by atoms with Crippen LogP contribution in [-0.4, -0.2) is 12.9 Å². The van der Waals surface area contributed by atoms with Gasteiger partial charge in [0.05, 0.1) is 12.8 Å². The van der Waals surface area contributed by atoms with Crippen molar-refractivity contribution in [3.8, 4) is 5.75 Å². The van der Waals surface area contributed by atoms with Crippen molar-refractivity contribution in [2.24, 2.45) is 0 Å². The Labute approximate surface area is 115 Å². The zero-order valence-corrected chi connectivity index (χ0v) is 12.4. The quantitative estimate of drug-likeness (QED) is 0.399. The van der Waals surface area contributed by atoms with Crippen LogP contribution in [0.4, 0.5) is 5.69 Å². The van der Waals surface area contributed by atoms with Gasteiger partial charge in [-0.15, -0.1) is 11.8 Å². The maximum Gasteiger partial charge on any atom is 0.142 e. The Morgan fingerprint density at radius 1 is 1.11 bits per heavy atom. The molecule has 0 radical (unpaired) electrons. The molecule has 3 heteroatoms. The summed E-state index contributed by atoms with van der Waals surface area (Å²) in [6.45, 7) is 2.25. The minimum Gasteiger partial charge on any atom is -0.495 e. The second-order valence-electron chi connectivity index (χ2n) is 4.52. The van der Waals surface area contributed by atoms with Crippen molar-refractivity contribution in [3.63, 3.8) is 0 Å². The van der Waals surface area contributed by atoms with Crippen molar-refractivity contribution in [2.75, 3.05) is 18.6 Å². The molecule has 18 heavy (non-hydrogen) atoms. The SMILES string of the molecule is CCCCCCCCSc1ccc(N)c(OC)c1. The van der Waals surface area contributed by atoms with Crippen molar-refractivity contribution in [1.29, 1.82) is 0 Å². The third-order valence-corrected chi connectivity index (χ3v) is 4.05. The van der Waals surface area contributed by atoms with E-state index in [4.69, 9.17) is 10.5 Å². The second kappa shape index (κ2) is 9.15. The van der Waals surface area contributed by atoms with Crippen molar-refractivity contribution < 1.29 is 4.74 Å². The van der Waals surface area contributed by atoms with E-state index in [1.165, 1.54) is 49.2 Å². The number of benzene rings is 1. The summed E-state index contributed by atoms with van der Waals surface area (Å²) in [5, 5.41) is 0. The van der Waals surface area contributed by atoms with Gasteiger partial charge in [0.1, 0.15) is 5.75 Å². The first-order valence-electron chi connectivity index (χ1n) is 6.84. The van der Waals surface area contributed by atoms with Crippen LogP contribution in [0.1, 0.15) is 45.4 Å². The first-order valence-corrected chi connectivity index (χ1v) is 7.82. The summed E-state index contributed by atoms with van der Waals surface area (Å²) < 4.78 is 5.22. The van der Waals surface area contributed by atoms with Gasteiger partial charge in [-0.1, -0.05) is 39.0 Å². The molecule has 0 atom stereocenters. The Balaban J connectivity index is 2.19. The lowest BCUT2D eigenvalue weighted by Gasteiger charge is -2.07. The van der Waals surface area contributed by atoms with Crippen LogP contribution >= 0.6 is 11.8 Å². The molecule has 1 rings (SSSR count). The minimum absolute atomic E-state index is 0.710. The third kappa shape index (κ3) is 5.67. The average Bonchev–Trinajstić information content (AvgIpc) is 2.39. The number of unbranched alkanes of at least 4 members (excludes halogenated alkanes) is 5. The van der Waals surface area contributed by atoms with Gasteiger partial charge in [-0.2, -0.15) is 0 Å². The van der Waals surface area contributed by atoms with Gasteiger partial charge < -0.3 is 10.5 Å². The van der Waals surface area contributed by atoms with Gasteiger partial charge >= 0.3 is 0 Å². The molecule has 0 saturated heterocycles. The largest absolute Gasteiger partial charge is 0.495 e. The standard InChI is InChI=1S/C15H25NOS/c1-3-4-5-6-7-8-11-18-13-9-10-14(16)15(12-13)17-2/h9-10,12H,3-8,11,16H2,1-2H3. The van der Waals surface area contributed by atoms with Crippen molar-refractivity contribution in [3.05, 3.63) is 18.2 Å². The fourth-order valence-corrected chi connectivity index (χ4v) is 2.79. The van der Waals surface area contributed by atoms with Gasteiger partial charge in [-0.25, -0.2) is 0 Å². The van der Waals surface area contributed by atoms with Gasteiger partial charge in [-0.3, -0.25) is 0 Å². The molecule has 0 aliphatic heterocycles. The summed E-state index contributed by atoms with van der Waals surface area (Å²) in [6.07, 6.45) is 8.10. The molecule has 102 valence electrons. The number of hydrogen-bond acceptors (Lipinski definition) is 3. The van der Waals surface area contributed by atoms with Crippen LogP contribution in [0, 0.1) is 0 Å². The molecule has 0 spiro atoms. The predicted octanol–water partition coefficient (Wildman–Crippen LogP) is 4.73. The molecule has 0 aliphatic carbocycles. The Morgan fingerprint density at radius 3 is 2.56 bits per heavy atom. The summed E-state index contributed by atoms with van der Waals surface area (Å²) in [5.74, 6) is 1.96. The van der Waals surface area contributed by atoms with E-state index in [0.717, 1.165) is 5.75 Å². The van der Waals surface area contributed by atoms with Crippen molar-refractivity contribution in [1.82, 2.24) is 0 Å². The van der Waals surface area contributed by atoms with Crippen LogP contribution in [0.5, 0.6) is 5.75 Å². The predicted molar refractivity (Wildman–Crippen MR) is 81.5 cm³/mol. The number of anilines is 1. The number of rotatable bonds is 9. The van der Waals surface area contributed by atoms with Crippen LogP contribution in [-0.2, 0) is 0 Å². The van der Waals surface area contributed by atoms with Crippen LogP contribution in [0.25, 0.3) is 0 Å².